The first-order valence-corrected chi connectivity index (χ1v) is 6.76. The maximum Gasteiger partial charge on any atom is 0.303 e. The summed E-state index contributed by atoms with van der Waals surface area (Å²) in [5, 5.41) is 8.66. The monoisotopic (exact) mass is 278 g/mol. The number of carboxylic acids is 1. The summed E-state index contributed by atoms with van der Waals surface area (Å²) < 4.78 is 0. The Bertz CT molecular complexity index is 446. The van der Waals surface area contributed by atoms with Crippen LogP contribution in [0.4, 0.5) is 0 Å². The Balaban J connectivity index is 2.71. The van der Waals surface area contributed by atoms with Crippen molar-refractivity contribution in [2.24, 2.45) is 5.73 Å². The number of carboxylic acid groups (broad SMARTS) is 1. The van der Waals surface area contributed by atoms with Crippen molar-refractivity contribution in [2.45, 2.75) is 38.8 Å². The summed E-state index contributed by atoms with van der Waals surface area (Å²) in [6.07, 6.45) is 0.484. The van der Waals surface area contributed by atoms with Gasteiger partial charge in [0.05, 0.1) is 0 Å². The van der Waals surface area contributed by atoms with Crippen LogP contribution in [0.3, 0.4) is 0 Å². The number of hydrogen-bond acceptors (Lipinski definition) is 3. The first kappa shape index (κ1) is 16.2. The third-order valence-electron chi connectivity index (χ3n) is 3.12. The molecule has 1 amide bonds. The molecule has 1 rings (SSSR count). The van der Waals surface area contributed by atoms with E-state index >= 15 is 0 Å². The standard InChI is InChI=1S/C15H22N2O3/c1-11(2)17(10-6-9-13(18)19)15(20)14(16)12-7-4-3-5-8-12/h3-5,7-8,11,14H,6,9-10,16H2,1-2H3,(H,18,19)/t14-/m1/s1. The molecule has 0 aliphatic carbocycles. The van der Waals surface area contributed by atoms with Gasteiger partial charge in [-0.1, -0.05) is 30.3 Å². The number of amides is 1. The zero-order valence-electron chi connectivity index (χ0n) is 12.0. The molecule has 1 aromatic rings. The highest BCUT2D eigenvalue weighted by atomic mass is 16.4. The lowest BCUT2D eigenvalue weighted by molar-refractivity contribution is -0.139. The molecule has 0 aliphatic heterocycles. The van der Waals surface area contributed by atoms with Gasteiger partial charge in [-0.2, -0.15) is 0 Å². The van der Waals surface area contributed by atoms with Crippen LogP contribution in [0.1, 0.15) is 38.3 Å². The van der Waals surface area contributed by atoms with Crippen molar-refractivity contribution < 1.29 is 14.7 Å². The molecule has 1 aromatic carbocycles. The van der Waals surface area contributed by atoms with Gasteiger partial charge in [-0.3, -0.25) is 9.59 Å². The van der Waals surface area contributed by atoms with Crippen LogP contribution in [-0.2, 0) is 9.59 Å². The number of carbonyl (C=O) groups excluding carboxylic acids is 1. The first-order valence-electron chi connectivity index (χ1n) is 6.76. The first-order chi connectivity index (χ1) is 9.43. The topological polar surface area (TPSA) is 83.6 Å². The molecule has 1 atom stereocenters. The number of hydrogen-bond donors (Lipinski definition) is 2. The van der Waals surface area contributed by atoms with E-state index in [0.29, 0.717) is 13.0 Å². The van der Waals surface area contributed by atoms with Crippen LogP contribution >= 0.6 is 0 Å². The van der Waals surface area contributed by atoms with Crippen LogP contribution < -0.4 is 5.73 Å². The predicted octanol–water partition coefficient (Wildman–Crippen LogP) is 1.79. The average molecular weight is 278 g/mol. The van der Waals surface area contributed by atoms with E-state index in [9.17, 15) is 9.59 Å². The van der Waals surface area contributed by atoms with E-state index in [-0.39, 0.29) is 18.4 Å². The van der Waals surface area contributed by atoms with Crippen molar-refractivity contribution in [1.29, 1.82) is 0 Å². The fraction of sp³-hybridized carbons (Fsp3) is 0.467. The van der Waals surface area contributed by atoms with Crippen LogP contribution in [0.5, 0.6) is 0 Å². The molecule has 0 aliphatic rings. The van der Waals surface area contributed by atoms with E-state index in [1.165, 1.54) is 0 Å². The summed E-state index contributed by atoms with van der Waals surface area (Å²) in [7, 11) is 0. The Kier molecular flexibility index (Phi) is 6.18. The van der Waals surface area contributed by atoms with Crippen LogP contribution in [0.2, 0.25) is 0 Å². The quantitative estimate of drug-likeness (QED) is 0.796. The molecule has 0 fully saturated rings. The smallest absolute Gasteiger partial charge is 0.303 e. The maximum atomic E-state index is 12.4. The van der Waals surface area contributed by atoms with Crippen LogP contribution in [0.15, 0.2) is 30.3 Å². The van der Waals surface area contributed by atoms with Gasteiger partial charge in [0.25, 0.3) is 0 Å². The van der Waals surface area contributed by atoms with Crippen LogP contribution in [0.25, 0.3) is 0 Å². The Hall–Kier alpha value is -1.88. The molecule has 0 aromatic heterocycles. The minimum atomic E-state index is -0.853. The Labute approximate surface area is 119 Å². The highest BCUT2D eigenvalue weighted by molar-refractivity contribution is 5.83. The predicted molar refractivity (Wildman–Crippen MR) is 77.1 cm³/mol. The lowest BCUT2D eigenvalue weighted by atomic mass is 10.1. The molecule has 5 nitrogen and oxygen atoms in total. The SMILES string of the molecule is CC(C)N(CCCC(=O)O)C(=O)[C@H](N)c1ccccc1. The normalized spacial score (nSPS) is 12.2. The molecule has 0 saturated carbocycles. The van der Waals surface area contributed by atoms with E-state index in [1.54, 1.807) is 4.90 Å². The Morgan fingerprint density at radius 2 is 1.85 bits per heavy atom. The Morgan fingerprint density at radius 1 is 1.25 bits per heavy atom. The number of carbonyl (C=O) groups is 2. The van der Waals surface area contributed by atoms with E-state index in [2.05, 4.69) is 0 Å². The number of rotatable bonds is 7. The van der Waals surface area contributed by atoms with Gasteiger partial charge in [0.15, 0.2) is 0 Å². The molecule has 0 unspecified atom stereocenters. The van der Waals surface area contributed by atoms with Gasteiger partial charge in [0, 0.05) is 19.0 Å². The average Bonchev–Trinajstić information content (AvgIpc) is 2.42. The van der Waals surface area contributed by atoms with E-state index in [1.807, 2.05) is 44.2 Å². The lowest BCUT2D eigenvalue weighted by Gasteiger charge is -2.29. The molecule has 0 saturated heterocycles. The third-order valence-corrected chi connectivity index (χ3v) is 3.12. The highest BCUT2D eigenvalue weighted by Crippen LogP contribution is 2.15. The van der Waals surface area contributed by atoms with E-state index in [0.717, 1.165) is 5.56 Å². The number of aliphatic carboxylic acids is 1. The Morgan fingerprint density at radius 3 is 2.35 bits per heavy atom. The summed E-state index contributed by atoms with van der Waals surface area (Å²) in [6, 6.07) is 8.47. The number of nitrogens with two attached hydrogens (primary N) is 1. The molecule has 5 heteroatoms. The van der Waals surface area contributed by atoms with Crippen molar-refractivity contribution in [3.05, 3.63) is 35.9 Å². The second kappa shape index (κ2) is 7.65. The van der Waals surface area contributed by atoms with Crippen molar-refractivity contribution >= 4 is 11.9 Å². The van der Waals surface area contributed by atoms with Gasteiger partial charge in [-0.05, 0) is 25.8 Å². The maximum absolute atomic E-state index is 12.4. The zero-order valence-corrected chi connectivity index (χ0v) is 12.0. The van der Waals surface area contributed by atoms with Gasteiger partial charge in [-0.15, -0.1) is 0 Å². The molecule has 20 heavy (non-hydrogen) atoms. The molecule has 0 spiro atoms. The molecule has 0 heterocycles. The minimum absolute atomic E-state index is 0.00828. The van der Waals surface area contributed by atoms with Crippen molar-refractivity contribution in [2.75, 3.05) is 6.54 Å². The van der Waals surface area contributed by atoms with Gasteiger partial charge >= 0.3 is 5.97 Å². The van der Waals surface area contributed by atoms with E-state index < -0.39 is 12.0 Å². The second-order valence-electron chi connectivity index (χ2n) is 5.01. The fourth-order valence-corrected chi connectivity index (χ4v) is 2.01. The van der Waals surface area contributed by atoms with E-state index in [4.69, 9.17) is 10.8 Å². The summed E-state index contributed by atoms with van der Waals surface area (Å²) in [5.41, 5.74) is 6.77. The van der Waals surface area contributed by atoms with Gasteiger partial charge < -0.3 is 15.7 Å². The second-order valence-corrected chi connectivity index (χ2v) is 5.01. The molecular weight excluding hydrogens is 256 g/mol. The largest absolute Gasteiger partial charge is 0.481 e. The zero-order chi connectivity index (χ0) is 15.1. The molecule has 3 N–H and O–H groups in total. The van der Waals surface area contributed by atoms with Crippen molar-refractivity contribution in [3.63, 3.8) is 0 Å². The minimum Gasteiger partial charge on any atom is -0.481 e. The molecule has 0 bridgehead atoms. The molecule has 110 valence electrons. The van der Waals surface area contributed by atoms with Gasteiger partial charge in [0.2, 0.25) is 5.91 Å². The lowest BCUT2D eigenvalue weighted by Crippen LogP contribution is -2.43. The summed E-state index contributed by atoms with van der Waals surface area (Å²) in [4.78, 5) is 24.6. The van der Waals surface area contributed by atoms with Gasteiger partial charge in [-0.25, -0.2) is 0 Å². The summed E-state index contributed by atoms with van der Waals surface area (Å²) in [5.74, 6) is -1.02. The summed E-state index contributed by atoms with van der Waals surface area (Å²) >= 11 is 0. The van der Waals surface area contributed by atoms with Crippen LogP contribution in [0, 0.1) is 0 Å². The molecule has 0 radical (unpaired) electrons. The van der Waals surface area contributed by atoms with Crippen molar-refractivity contribution in [3.8, 4) is 0 Å². The fourth-order valence-electron chi connectivity index (χ4n) is 2.01. The van der Waals surface area contributed by atoms with Gasteiger partial charge in [0.1, 0.15) is 6.04 Å². The summed E-state index contributed by atoms with van der Waals surface area (Å²) in [6.45, 7) is 4.20. The van der Waals surface area contributed by atoms with Crippen LogP contribution in [-0.4, -0.2) is 34.5 Å². The number of benzene rings is 1. The van der Waals surface area contributed by atoms with Crippen molar-refractivity contribution in [1.82, 2.24) is 4.90 Å². The highest BCUT2D eigenvalue weighted by Gasteiger charge is 2.24. The molecular formula is C15H22N2O3. The third kappa shape index (κ3) is 4.66. The number of nitrogens with zero attached hydrogens (tertiary/aromatic N) is 1.